The van der Waals surface area contributed by atoms with Gasteiger partial charge in [0.05, 0.1) is 11.1 Å². The van der Waals surface area contributed by atoms with Crippen molar-refractivity contribution in [2.45, 2.75) is 6.92 Å². The van der Waals surface area contributed by atoms with E-state index in [-0.39, 0.29) is 16.8 Å². The lowest BCUT2D eigenvalue weighted by Gasteiger charge is -2.12. The van der Waals surface area contributed by atoms with Gasteiger partial charge in [-0.3, -0.25) is 9.59 Å². The van der Waals surface area contributed by atoms with Crippen molar-refractivity contribution >= 4 is 28.7 Å². The lowest BCUT2D eigenvalue weighted by Crippen LogP contribution is -2.33. The van der Waals surface area contributed by atoms with Gasteiger partial charge in [-0.15, -0.1) is 0 Å². The van der Waals surface area contributed by atoms with E-state index in [4.69, 9.17) is 4.84 Å². The number of H-pyrrole nitrogens is 1. The van der Waals surface area contributed by atoms with Crippen LogP contribution >= 0.6 is 0 Å². The van der Waals surface area contributed by atoms with E-state index in [9.17, 15) is 18.8 Å². The van der Waals surface area contributed by atoms with Gasteiger partial charge in [0.2, 0.25) is 0 Å². The number of halogens is 1. The van der Waals surface area contributed by atoms with E-state index in [0.29, 0.717) is 21.5 Å². The highest BCUT2D eigenvalue weighted by Crippen LogP contribution is 2.26. The molecular formula is C18H11FN2O4. The monoisotopic (exact) mass is 338 g/mol. The van der Waals surface area contributed by atoms with Crippen LogP contribution in [0.15, 0.2) is 42.5 Å². The summed E-state index contributed by atoms with van der Waals surface area (Å²) in [6.45, 7) is 1.66. The number of aromatic amines is 1. The molecule has 0 saturated carbocycles. The van der Waals surface area contributed by atoms with Gasteiger partial charge >= 0.3 is 5.97 Å². The second-order valence-corrected chi connectivity index (χ2v) is 5.64. The molecule has 0 radical (unpaired) electrons. The van der Waals surface area contributed by atoms with Crippen LogP contribution in [0.1, 0.15) is 36.8 Å². The predicted molar refractivity (Wildman–Crippen MR) is 85.4 cm³/mol. The predicted octanol–water partition coefficient (Wildman–Crippen LogP) is 2.98. The molecule has 0 atom stereocenters. The molecule has 7 heteroatoms. The fourth-order valence-electron chi connectivity index (χ4n) is 2.89. The quantitative estimate of drug-likeness (QED) is 0.729. The molecule has 124 valence electrons. The third kappa shape index (κ3) is 2.20. The van der Waals surface area contributed by atoms with E-state index in [1.807, 2.05) is 0 Å². The largest absolute Gasteiger partial charge is 0.380 e. The second-order valence-electron chi connectivity index (χ2n) is 5.64. The summed E-state index contributed by atoms with van der Waals surface area (Å²) in [5.74, 6) is -2.75. The number of carbonyl (C=O) groups excluding carboxylic acids is 3. The van der Waals surface area contributed by atoms with Gasteiger partial charge in [0.25, 0.3) is 11.8 Å². The summed E-state index contributed by atoms with van der Waals surface area (Å²) in [4.78, 5) is 44.7. The molecule has 4 rings (SSSR count). The van der Waals surface area contributed by atoms with Gasteiger partial charge in [0.1, 0.15) is 11.5 Å². The summed E-state index contributed by atoms with van der Waals surface area (Å²) < 4.78 is 13.3. The first-order valence-corrected chi connectivity index (χ1v) is 7.45. The van der Waals surface area contributed by atoms with Crippen LogP contribution in [0.3, 0.4) is 0 Å². The molecule has 2 heterocycles. The van der Waals surface area contributed by atoms with E-state index in [0.717, 1.165) is 0 Å². The SMILES string of the molecule is Cc1c(C(=O)ON2C(=O)c3ccccc3C2=O)[nH]c2cc(F)ccc12. The van der Waals surface area contributed by atoms with Gasteiger partial charge in [-0.1, -0.05) is 17.2 Å². The first-order chi connectivity index (χ1) is 12.0. The third-order valence-electron chi connectivity index (χ3n) is 4.16. The molecule has 1 N–H and O–H groups in total. The topological polar surface area (TPSA) is 79.5 Å². The Bertz CT molecular complexity index is 1040. The first-order valence-electron chi connectivity index (χ1n) is 7.45. The lowest BCUT2D eigenvalue weighted by molar-refractivity contribution is -0.0588. The summed E-state index contributed by atoms with van der Waals surface area (Å²) in [5, 5.41) is 1.09. The van der Waals surface area contributed by atoms with Gasteiger partial charge in [-0.25, -0.2) is 9.18 Å². The lowest BCUT2D eigenvalue weighted by atomic mass is 10.1. The number of hydrogen-bond acceptors (Lipinski definition) is 4. The average molecular weight is 338 g/mol. The number of fused-ring (bicyclic) bond motifs is 2. The summed E-state index contributed by atoms with van der Waals surface area (Å²) in [5.41, 5.74) is 1.37. The smallest absolute Gasteiger partial charge is 0.349 e. The van der Waals surface area contributed by atoms with Crippen molar-refractivity contribution in [1.82, 2.24) is 10.0 Å². The second kappa shape index (κ2) is 5.27. The van der Waals surface area contributed by atoms with Crippen molar-refractivity contribution in [3.05, 3.63) is 70.7 Å². The minimum Gasteiger partial charge on any atom is -0.349 e. The van der Waals surface area contributed by atoms with Crippen LogP contribution in [0.25, 0.3) is 10.9 Å². The zero-order valence-electron chi connectivity index (χ0n) is 13.0. The average Bonchev–Trinajstić information content (AvgIpc) is 3.05. The number of aromatic nitrogens is 1. The number of benzene rings is 2. The van der Waals surface area contributed by atoms with Crippen LogP contribution in [-0.2, 0) is 4.84 Å². The maximum atomic E-state index is 13.3. The molecule has 2 aromatic carbocycles. The summed E-state index contributed by atoms with van der Waals surface area (Å²) in [7, 11) is 0. The van der Waals surface area contributed by atoms with Crippen molar-refractivity contribution in [3.8, 4) is 0 Å². The van der Waals surface area contributed by atoms with Crippen LogP contribution in [0.4, 0.5) is 4.39 Å². The molecule has 6 nitrogen and oxygen atoms in total. The summed E-state index contributed by atoms with van der Waals surface area (Å²) >= 11 is 0. The Morgan fingerprint density at radius 1 is 1.08 bits per heavy atom. The third-order valence-corrected chi connectivity index (χ3v) is 4.16. The van der Waals surface area contributed by atoms with Crippen LogP contribution in [0, 0.1) is 12.7 Å². The zero-order valence-corrected chi connectivity index (χ0v) is 13.0. The number of nitrogens with one attached hydrogen (secondary N) is 1. The maximum absolute atomic E-state index is 13.3. The highest BCUT2D eigenvalue weighted by atomic mass is 19.1. The van der Waals surface area contributed by atoms with Gasteiger partial charge in [0.15, 0.2) is 0 Å². The molecule has 0 unspecified atom stereocenters. The van der Waals surface area contributed by atoms with Crippen molar-refractivity contribution in [2.75, 3.05) is 0 Å². The molecular weight excluding hydrogens is 327 g/mol. The Balaban J connectivity index is 1.67. The van der Waals surface area contributed by atoms with Crippen molar-refractivity contribution in [1.29, 1.82) is 0 Å². The molecule has 0 bridgehead atoms. The zero-order chi connectivity index (χ0) is 17.7. The molecule has 2 amide bonds. The Labute approximate surface area is 140 Å². The summed E-state index contributed by atoms with van der Waals surface area (Å²) in [6, 6.07) is 10.3. The van der Waals surface area contributed by atoms with Crippen LogP contribution in [-0.4, -0.2) is 27.8 Å². The van der Waals surface area contributed by atoms with Crippen LogP contribution < -0.4 is 0 Å². The van der Waals surface area contributed by atoms with Gasteiger partial charge in [-0.05, 0) is 42.8 Å². The van der Waals surface area contributed by atoms with E-state index >= 15 is 0 Å². The maximum Gasteiger partial charge on any atom is 0.380 e. The number of rotatable bonds is 2. The normalized spacial score (nSPS) is 13.4. The van der Waals surface area contributed by atoms with Crippen molar-refractivity contribution < 1.29 is 23.6 Å². The molecule has 0 saturated heterocycles. The molecule has 1 aliphatic heterocycles. The van der Waals surface area contributed by atoms with E-state index in [2.05, 4.69) is 4.98 Å². The highest BCUT2D eigenvalue weighted by molar-refractivity contribution is 6.21. The van der Waals surface area contributed by atoms with E-state index in [1.165, 1.54) is 30.3 Å². The van der Waals surface area contributed by atoms with E-state index < -0.39 is 23.6 Å². The first kappa shape index (κ1) is 15.1. The fourth-order valence-corrected chi connectivity index (χ4v) is 2.89. The minimum absolute atomic E-state index is 0.0529. The molecule has 0 spiro atoms. The Morgan fingerprint density at radius 2 is 1.72 bits per heavy atom. The Morgan fingerprint density at radius 3 is 2.36 bits per heavy atom. The minimum atomic E-state index is -0.899. The number of carbonyl (C=O) groups is 3. The standard InChI is InChI=1S/C18H11FN2O4/c1-9-11-7-6-10(19)8-14(11)20-15(9)18(24)25-21-16(22)12-4-2-3-5-13(12)17(21)23/h2-8,20H,1H3. The number of amides is 2. The molecule has 0 aliphatic carbocycles. The van der Waals surface area contributed by atoms with Gasteiger partial charge < -0.3 is 9.82 Å². The molecule has 0 fully saturated rings. The molecule has 3 aromatic rings. The molecule has 1 aromatic heterocycles. The molecule has 25 heavy (non-hydrogen) atoms. The fraction of sp³-hybridized carbons (Fsp3) is 0.0556. The van der Waals surface area contributed by atoms with Gasteiger partial charge in [0, 0.05) is 10.9 Å². The van der Waals surface area contributed by atoms with Crippen molar-refractivity contribution in [2.24, 2.45) is 0 Å². The van der Waals surface area contributed by atoms with E-state index in [1.54, 1.807) is 19.1 Å². The Kier molecular flexibility index (Phi) is 3.18. The summed E-state index contributed by atoms with van der Waals surface area (Å²) in [6.07, 6.45) is 0. The van der Waals surface area contributed by atoms with Crippen LogP contribution in [0.5, 0.6) is 0 Å². The number of nitrogens with zero attached hydrogens (tertiary/aromatic N) is 1. The Hall–Kier alpha value is -3.48. The number of hydrogen-bond donors (Lipinski definition) is 1. The van der Waals surface area contributed by atoms with Crippen LogP contribution in [0.2, 0.25) is 0 Å². The number of hydroxylamine groups is 2. The molecule has 1 aliphatic rings. The van der Waals surface area contributed by atoms with Gasteiger partial charge in [-0.2, -0.15) is 0 Å². The number of imide groups is 1. The van der Waals surface area contributed by atoms with Crippen molar-refractivity contribution in [3.63, 3.8) is 0 Å². The number of aryl methyl sites for hydroxylation is 1. The highest BCUT2D eigenvalue weighted by Gasteiger charge is 2.39.